The Morgan fingerprint density at radius 3 is 2.57 bits per heavy atom. The molecule has 5 aromatic rings. The Labute approximate surface area is 259 Å². The highest BCUT2D eigenvalue weighted by atomic mass is 35.5. The molecule has 1 aliphatic rings. The summed E-state index contributed by atoms with van der Waals surface area (Å²) in [6.07, 6.45) is 1.58. The van der Waals surface area contributed by atoms with Crippen molar-refractivity contribution in [1.29, 1.82) is 0 Å². The van der Waals surface area contributed by atoms with Gasteiger partial charge in [0.25, 0.3) is 17.2 Å². The largest absolute Gasteiger partial charge is 0.497 e. The fourth-order valence-corrected chi connectivity index (χ4v) is 6.19. The molecule has 10 nitrogen and oxygen atoms in total. The summed E-state index contributed by atoms with van der Waals surface area (Å²) in [6.45, 7) is 1.75. The van der Waals surface area contributed by atoms with Crippen molar-refractivity contribution in [2.45, 2.75) is 13.0 Å². The van der Waals surface area contributed by atoms with Gasteiger partial charge in [0.05, 0.1) is 38.9 Å². The molecule has 3 heterocycles. The lowest BCUT2D eigenvalue weighted by Gasteiger charge is -2.25. The van der Waals surface area contributed by atoms with Crippen LogP contribution >= 0.6 is 22.9 Å². The Hall–Kier alpha value is -5.26. The average Bonchev–Trinajstić information content (AvgIpc) is 3.61. The zero-order valence-electron chi connectivity index (χ0n) is 23.3. The molecular weight excluding hydrogens is 604 g/mol. The van der Waals surface area contributed by atoms with Crippen molar-refractivity contribution in [2.75, 3.05) is 12.4 Å². The molecule has 0 spiro atoms. The van der Waals surface area contributed by atoms with E-state index in [2.05, 4.69) is 10.3 Å². The summed E-state index contributed by atoms with van der Waals surface area (Å²) < 4.78 is 13.1. The molecule has 1 aliphatic heterocycles. The van der Waals surface area contributed by atoms with E-state index in [-0.39, 0.29) is 22.2 Å². The van der Waals surface area contributed by atoms with Crippen molar-refractivity contribution in [3.8, 4) is 17.1 Å². The van der Waals surface area contributed by atoms with E-state index in [0.717, 1.165) is 11.3 Å². The van der Waals surface area contributed by atoms with E-state index in [1.54, 1.807) is 56.5 Å². The number of thiazole rings is 1. The second-order valence-corrected chi connectivity index (χ2v) is 11.2. The van der Waals surface area contributed by atoms with Gasteiger partial charge in [0.2, 0.25) is 0 Å². The Bertz CT molecular complexity index is 2130. The molecule has 0 radical (unpaired) electrons. The number of carbonyl (C=O) groups excluding carboxylic acids is 1. The molecule has 0 aliphatic carbocycles. The first-order valence-corrected chi connectivity index (χ1v) is 14.5. The average molecular weight is 627 g/mol. The van der Waals surface area contributed by atoms with Crippen LogP contribution in [0.4, 0.5) is 11.4 Å². The number of nitro groups is 1. The summed E-state index contributed by atoms with van der Waals surface area (Å²) in [5, 5.41) is 14.5. The van der Waals surface area contributed by atoms with E-state index in [4.69, 9.17) is 20.8 Å². The van der Waals surface area contributed by atoms with Gasteiger partial charge in [0.15, 0.2) is 4.80 Å². The SMILES string of the molecule is COc1ccc([C@H]2C(C(=O)Nc3ccccc3)=C(C)N=c3s/c(=C/c4ccc(-c5cc([N+](=O)[O-])ccc5Cl)o4)c(=O)n32)cc1. The Balaban J connectivity index is 1.44. The van der Waals surface area contributed by atoms with Gasteiger partial charge in [0, 0.05) is 29.5 Å². The Morgan fingerprint density at radius 1 is 1.11 bits per heavy atom. The number of carbonyl (C=O) groups is 1. The maximum absolute atomic E-state index is 14.0. The number of ether oxygens (including phenoxy) is 1. The zero-order valence-corrected chi connectivity index (χ0v) is 24.9. The van der Waals surface area contributed by atoms with E-state index in [9.17, 15) is 19.7 Å². The maximum Gasteiger partial charge on any atom is 0.271 e. The molecule has 3 aromatic carbocycles. The first-order valence-electron chi connectivity index (χ1n) is 13.3. The van der Waals surface area contributed by atoms with Crippen molar-refractivity contribution >= 4 is 46.3 Å². The quantitative estimate of drug-likeness (QED) is 0.182. The van der Waals surface area contributed by atoms with Gasteiger partial charge in [-0.2, -0.15) is 0 Å². The maximum atomic E-state index is 14.0. The highest BCUT2D eigenvalue weighted by Crippen LogP contribution is 2.34. The van der Waals surface area contributed by atoms with Gasteiger partial charge in [-0.05, 0) is 55.0 Å². The van der Waals surface area contributed by atoms with Crippen LogP contribution in [0, 0.1) is 10.1 Å². The summed E-state index contributed by atoms with van der Waals surface area (Å²) >= 11 is 7.46. The molecule has 0 saturated carbocycles. The monoisotopic (exact) mass is 626 g/mol. The van der Waals surface area contributed by atoms with Gasteiger partial charge >= 0.3 is 0 Å². The molecule has 2 aromatic heterocycles. The molecule has 220 valence electrons. The molecule has 1 N–H and O–H groups in total. The molecular formula is C32H23ClN4O6S. The van der Waals surface area contributed by atoms with Crippen LogP contribution in [-0.2, 0) is 4.79 Å². The van der Waals surface area contributed by atoms with Crippen molar-refractivity contribution in [3.63, 3.8) is 0 Å². The fraction of sp³-hybridized carbons (Fsp3) is 0.0938. The minimum atomic E-state index is -0.765. The standard InChI is InChI=1S/C32H23ClN4O6S/c1-18-28(30(38)35-20-6-4-3-5-7-20)29(19-8-11-22(42-2)12-9-19)36-31(39)27(44-32(36)34-18)17-23-13-15-26(43-23)24-16-21(37(40)41)10-14-25(24)33/h3-17,29H,1-2H3,(H,35,38)/b27-17+/t29-/m0/s1. The molecule has 6 rings (SSSR count). The Kier molecular flexibility index (Phi) is 7.73. The number of hydrogen-bond donors (Lipinski definition) is 1. The van der Waals surface area contributed by atoms with Gasteiger partial charge in [-0.15, -0.1) is 0 Å². The molecule has 1 atom stereocenters. The summed E-state index contributed by atoms with van der Waals surface area (Å²) in [5.41, 5.74) is 1.99. The first-order chi connectivity index (χ1) is 21.2. The second kappa shape index (κ2) is 11.8. The van der Waals surface area contributed by atoms with E-state index in [0.29, 0.717) is 54.7 Å². The van der Waals surface area contributed by atoms with Crippen LogP contribution in [0.1, 0.15) is 24.3 Å². The fourth-order valence-electron chi connectivity index (χ4n) is 4.95. The second-order valence-electron chi connectivity index (χ2n) is 9.80. The molecule has 0 fully saturated rings. The normalized spacial score (nSPS) is 14.6. The number of nitrogens with zero attached hydrogens (tertiary/aromatic N) is 3. The van der Waals surface area contributed by atoms with Crippen LogP contribution in [0.25, 0.3) is 17.4 Å². The van der Waals surface area contributed by atoms with Crippen LogP contribution in [0.3, 0.4) is 0 Å². The molecule has 0 saturated heterocycles. The van der Waals surface area contributed by atoms with Crippen LogP contribution in [0.2, 0.25) is 5.02 Å². The van der Waals surface area contributed by atoms with Gasteiger partial charge in [-0.3, -0.25) is 24.3 Å². The molecule has 0 unspecified atom stereocenters. The smallest absolute Gasteiger partial charge is 0.271 e. The number of nitrogens with one attached hydrogen (secondary N) is 1. The number of nitro benzene ring substituents is 1. The lowest BCUT2D eigenvalue weighted by Crippen LogP contribution is -2.40. The first kappa shape index (κ1) is 28.8. The number of para-hydroxylation sites is 1. The van der Waals surface area contributed by atoms with Crippen molar-refractivity contribution < 1.29 is 18.9 Å². The molecule has 12 heteroatoms. The van der Waals surface area contributed by atoms with Crippen molar-refractivity contribution in [2.24, 2.45) is 4.99 Å². The number of rotatable bonds is 7. The minimum Gasteiger partial charge on any atom is -0.497 e. The van der Waals surface area contributed by atoms with Crippen LogP contribution in [-0.4, -0.2) is 22.5 Å². The Morgan fingerprint density at radius 2 is 1.86 bits per heavy atom. The number of methoxy groups -OCH3 is 1. The zero-order chi connectivity index (χ0) is 31.0. The number of fused-ring (bicyclic) bond motifs is 1. The van der Waals surface area contributed by atoms with Crippen molar-refractivity contribution in [3.05, 3.63) is 142 Å². The number of allylic oxidation sites excluding steroid dienone is 1. The van der Waals surface area contributed by atoms with Gasteiger partial charge in [0.1, 0.15) is 17.3 Å². The highest BCUT2D eigenvalue weighted by Gasteiger charge is 2.32. The number of halogens is 1. The van der Waals surface area contributed by atoms with Gasteiger partial charge in [-0.25, -0.2) is 4.99 Å². The third-order valence-electron chi connectivity index (χ3n) is 7.06. The lowest BCUT2D eigenvalue weighted by atomic mass is 9.95. The molecule has 1 amide bonds. The number of aromatic nitrogens is 1. The highest BCUT2D eigenvalue weighted by molar-refractivity contribution is 7.07. The topological polar surface area (TPSA) is 129 Å². The number of hydrogen-bond acceptors (Lipinski definition) is 8. The van der Waals surface area contributed by atoms with Crippen LogP contribution < -0.4 is 24.9 Å². The van der Waals surface area contributed by atoms with E-state index < -0.39 is 11.0 Å². The van der Waals surface area contributed by atoms with Crippen LogP contribution in [0.15, 0.2) is 110 Å². The van der Waals surface area contributed by atoms with Crippen molar-refractivity contribution in [1.82, 2.24) is 4.57 Å². The van der Waals surface area contributed by atoms with E-state index in [1.165, 1.54) is 22.8 Å². The summed E-state index contributed by atoms with van der Waals surface area (Å²) in [4.78, 5) is 43.5. The number of amides is 1. The minimum absolute atomic E-state index is 0.128. The molecule has 44 heavy (non-hydrogen) atoms. The predicted octanol–water partition coefficient (Wildman–Crippen LogP) is 5.70. The number of anilines is 1. The third-order valence-corrected chi connectivity index (χ3v) is 8.37. The van der Waals surface area contributed by atoms with Gasteiger partial charge in [-0.1, -0.05) is 53.3 Å². The third kappa shape index (κ3) is 5.46. The number of benzene rings is 3. The summed E-state index contributed by atoms with van der Waals surface area (Å²) in [7, 11) is 1.56. The number of furan rings is 1. The predicted molar refractivity (Wildman–Crippen MR) is 168 cm³/mol. The van der Waals surface area contributed by atoms with Crippen LogP contribution in [0.5, 0.6) is 5.75 Å². The van der Waals surface area contributed by atoms with E-state index in [1.807, 2.05) is 30.3 Å². The molecule has 0 bridgehead atoms. The summed E-state index contributed by atoms with van der Waals surface area (Å²) in [6, 6.07) is 22.8. The van der Waals surface area contributed by atoms with Gasteiger partial charge < -0.3 is 14.5 Å². The lowest BCUT2D eigenvalue weighted by molar-refractivity contribution is -0.384. The number of non-ortho nitro benzene ring substituents is 1. The summed E-state index contributed by atoms with van der Waals surface area (Å²) in [5.74, 6) is 0.905. The van der Waals surface area contributed by atoms with E-state index >= 15 is 0 Å².